The van der Waals surface area contributed by atoms with E-state index >= 15 is 0 Å². The number of carbonyl (C=O) groups excluding carboxylic acids is 1. The molecule has 0 aliphatic carbocycles. The van der Waals surface area contributed by atoms with E-state index in [1.165, 1.54) is 0 Å². The standard InChI is InChI=1S/C14H15ClN4O/c1-4-18(14(20)10(2)3)12-9-19(17-13(12)15)11-6-5-7-16-8-11/h5-9H,2,4H2,1,3H3. The smallest absolute Gasteiger partial charge is 0.253 e. The molecule has 2 aromatic heterocycles. The molecule has 2 rings (SSSR count). The van der Waals surface area contributed by atoms with Crippen molar-refractivity contribution in [3.63, 3.8) is 0 Å². The largest absolute Gasteiger partial charge is 0.305 e. The van der Waals surface area contributed by atoms with Crippen LogP contribution in [0.1, 0.15) is 13.8 Å². The highest BCUT2D eigenvalue weighted by Crippen LogP contribution is 2.26. The maximum Gasteiger partial charge on any atom is 0.253 e. The molecule has 6 heteroatoms. The van der Waals surface area contributed by atoms with Crippen LogP contribution in [0.2, 0.25) is 5.15 Å². The summed E-state index contributed by atoms with van der Waals surface area (Å²) in [6.45, 7) is 7.71. The molecule has 0 spiro atoms. The van der Waals surface area contributed by atoms with Crippen molar-refractivity contribution in [1.82, 2.24) is 14.8 Å². The normalized spacial score (nSPS) is 10.3. The molecule has 0 saturated heterocycles. The maximum atomic E-state index is 12.1. The molecule has 2 heterocycles. The van der Waals surface area contributed by atoms with E-state index in [9.17, 15) is 4.79 Å². The second-order valence-corrected chi connectivity index (χ2v) is 4.65. The van der Waals surface area contributed by atoms with Crippen LogP contribution in [0, 0.1) is 0 Å². The minimum absolute atomic E-state index is 0.167. The van der Waals surface area contributed by atoms with Gasteiger partial charge in [0.25, 0.3) is 5.91 Å². The van der Waals surface area contributed by atoms with E-state index in [1.54, 1.807) is 41.2 Å². The monoisotopic (exact) mass is 290 g/mol. The van der Waals surface area contributed by atoms with Gasteiger partial charge in [0.1, 0.15) is 5.69 Å². The summed E-state index contributed by atoms with van der Waals surface area (Å²) in [5, 5.41) is 4.48. The van der Waals surface area contributed by atoms with Gasteiger partial charge < -0.3 is 4.90 Å². The number of hydrogen-bond donors (Lipinski definition) is 0. The number of carbonyl (C=O) groups is 1. The number of likely N-dealkylation sites (N-methyl/N-ethyl adjacent to an activating group) is 1. The van der Waals surface area contributed by atoms with E-state index < -0.39 is 0 Å². The Balaban J connectivity index is 2.41. The van der Waals surface area contributed by atoms with Gasteiger partial charge in [-0.1, -0.05) is 18.2 Å². The third kappa shape index (κ3) is 2.72. The fraction of sp³-hybridized carbons (Fsp3) is 0.214. The molecule has 0 aromatic carbocycles. The van der Waals surface area contributed by atoms with Gasteiger partial charge in [0.15, 0.2) is 5.15 Å². The van der Waals surface area contributed by atoms with Crippen molar-refractivity contribution in [2.45, 2.75) is 13.8 Å². The Hall–Kier alpha value is -2.14. The molecule has 5 nitrogen and oxygen atoms in total. The number of rotatable bonds is 4. The summed E-state index contributed by atoms with van der Waals surface area (Å²) in [5.74, 6) is -0.167. The Labute approximate surface area is 122 Å². The highest BCUT2D eigenvalue weighted by molar-refractivity contribution is 6.32. The lowest BCUT2D eigenvalue weighted by Crippen LogP contribution is -2.30. The Morgan fingerprint density at radius 3 is 2.85 bits per heavy atom. The summed E-state index contributed by atoms with van der Waals surface area (Å²) >= 11 is 6.14. The van der Waals surface area contributed by atoms with E-state index in [0.717, 1.165) is 5.69 Å². The van der Waals surface area contributed by atoms with Crippen LogP contribution in [0.3, 0.4) is 0 Å². The molecule has 104 valence electrons. The maximum absolute atomic E-state index is 12.1. The Kier molecular flexibility index (Phi) is 4.20. The molecular weight excluding hydrogens is 276 g/mol. The Morgan fingerprint density at radius 2 is 2.30 bits per heavy atom. The van der Waals surface area contributed by atoms with E-state index in [2.05, 4.69) is 16.7 Å². The summed E-state index contributed by atoms with van der Waals surface area (Å²) in [6.07, 6.45) is 5.06. The fourth-order valence-electron chi connectivity index (χ4n) is 1.80. The Bertz CT molecular complexity index is 636. The predicted octanol–water partition coefficient (Wildman–Crippen LogP) is 2.85. The summed E-state index contributed by atoms with van der Waals surface area (Å²) in [4.78, 5) is 17.7. The minimum Gasteiger partial charge on any atom is -0.305 e. The summed E-state index contributed by atoms with van der Waals surface area (Å²) in [5.41, 5.74) is 1.79. The van der Waals surface area contributed by atoms with Gasteiger partial charge in [0, 0.05) is 18.3 Å². The molecule has 1 amide bonds. The molecule has 0 aliphatic rings. The van der Waals surface area contributed by atoms with Gasteiger partial charge in [-0.3, -0.25) is 9.78 Å². The molecule has 0 fully saturated rings. The van der Waals surface area contributed by atoms with E-state index in [0.29, 0.717) is 17.8 Å². The predicted molar refractivity (Wildman–Crippen MR) is 79.2 cm³/mol. The highest BCUT2D eigenvalue weighted by Gasteiger charge is 2.20. The van der Waals surface area contributed by atoms with Crippen molar-refractivity contribution in [3.05, 3.63) is 48.0 Å². The van der Waals surface area contributed by atoms with Crippen LogP contribution in [-0.2, 0) is 4.79 Å². The molecule has 0 aliphatic heterocycles. The quantitative estimate of drug-likeness (QED) is 0.814. The summed E-state index contributed by atoms with van der Waals surface area (Å²) < 4.78 is 1.60. The molecule has 20 heavy (non-hydrogen) atoms. The molecular formula is C14H15ClN4O. The zero-order valence-corrected chi connectivity index (χ0v) is 12.1. The number of pyridine rings is 1. The van der Waals surface area contributed by atoms with Gasteiger partial charge in [-0.25, -0.2) is 4.68 Å². The zero-order chi connectivity index (χ0) is 14.7. The molecule has 2 aromatic rings. The van der Waals surface area contributed by atoms with Crippen molar-refractivity contribution in [3.8, 4) is 5.69 Å². The van der Waals surface area contributed by atoms with Gasteiger partial charge in [0.05, 0.1) is 18.1 Å². The van der Waals surface area contributed by atoms with Gasteiger partial charge in [-0.2, -0.15) is 5.10 Å². The van der Waals surface area contributed by atoms with Crippen LogP contribution in [-0.4, -0.2) is 27.2 Å². The SMILES string of the molecule is C=C(C)C(=O)N(CC)c1cn(-c2cccnc2)nc1Cl. The van der Waals surface area contributed by atoms with E-state index in [1.807, 2.05) is 13.0 Å². The molecule has 0 atom stereocenters. The lowest BCUT2D eigenvalue weighted by atomic mass is 10.3. The third-order valence-electron chi connectivity index (χ3n) is 2.78. The average molecular weight is 291 g/mol. The minimum atomic E-state index is -0.167. The number of nitrogens with zero attached hydrogens (tertiary/aromatic N) is 4. The highest BCUT2D eigenvalue weighted by atomic mass is 35.5. The molecule has 0 bridgehead atoms. The van der Waals surface area contributed by atoms with Crippen LogP contribution in [0.15, 0.2) is 42.9 Å². The van der Waals surface area contributed by atoms with Crippen molar-refractivity contribution in [2.24, 2.45) is 0 Å². The fourth-order valence-corrected chi connectivity index (χ4v) is 2.03. The van der Waals surface area contributed by atoms with Gasteiger partial charge in [-0.15, -0.1) is 0 Å². The van der Waals surface area contributed by atoms with Crippen molar-refractivity contribution < 1.29 is 4.79 Å². The number of aromatic nitrogens is 3. The lowest BCUT2D eigenvalue weighted by Gasteiger charge is -2.19. The molecule has 0 unspecified atom stereocenters. The summed E-state index contributed by atoms with van der Waals surface area (Å²) in [6, 6.07) is 3.66. The molecule has 0 saturated carbocycles. The first-order valence-electron chi connectivity index (χ1n) is 6.17. The summed E-state index contributed by atoms with van der Waals surface area (Å²) in [7, 11) is 0. The van der Waals surface area contributed by atoms with Crippen LogP contribution >= 0.6 is 11.6 Å². The number of amides is 1. The zero-order valence-electron chi connectivity index (χ0n) is 11.4. The van der Waals surface area contributed by atoms with E-state index in [-0.39, 0.29) is 11.1 Å². The van der Waals surface area contributed by atoms with Crippen LogP contribution in [0.5, 0.6) is 0 Å². The van der Waals surface area contributed by atoms with Crippen LogP contribution < -0.4 is 4.90 Å². The van der Waals surface area contributed by atoms with Crippen LogP contribution in [0.25, 0.3) is 5.69 Å². The first-order chi connectivity index (χ1) is 9.54. The Morgan fingerprint density at radius 1 is 1.55 bits per heavy atom. The van der Waals surface area contributed by atoms with E-state index in [4.69, 9.17) is 11.6 Å². The van der Waals surface area contributed by atoms with Crippen LogP contribution in [0.4, 0.5) is 5.69 Å². The third-order valence-corrected chi connectivity index (χ3v) is 3.05. The molecule has 0 N–H and O–H groups in total. The van der Waals surface area contributed by atoms with Crippen molar-refractivity contribution in [2.75, 3.05) is 11.4 Å². The number of halogens is 1. The lowest BCUT2D eigenvalue weighted by molar-refractivity contribution is -0.115. The first-order valence-corrected chi connectivity index (χ1v) is 6.55. The van der Waals surface area contributed by atoms with Gasteiger partial charge >= 0.3 is 0 Å². The average Bonchev–Trinajstić information content (AvgIpc) is 2.83. The van der Waals surface area contributed by atoms with Crippen molar-refractivity contribution >= 4 is 23.2 Å². The number of hydrogen-bond acceptors (Lipinski definition) is 3. The second-order valence-electron chi connectivity index (χ2n) is 4.29. The topological polar surface area (TPSA) is 51.0 Å². The molecule has 0 radical (unpaired) electrons. The van der Waals surface area contributed by atoms with Crippen molar-refractivity contribution in [1.29, 1.82) is 0 Å². The van der Waals surface area contributed by atoms with Gasteiger partial charge in [0.2, 0.25) is 0 Å². The number of anilines is 1. The van der Waals surface area contributed by atoms with Gasteiger partial charge in [-0.05, 0) is 26.0 Å². The first kappa shape index (κ1) is 14.3. The second kappa shape index (κ2) is 5.88.